The fraction of sp³-hybridized carbons (Fsp3) is 0.333. The van der Waals surface area contributed by atoms with Gasteiger partial charge in [-0.25, -0.2) is 0 Å². The van der Waals surface area contributed by atoms with E-state index in [1.54, 1.807) is 11.9 Å². The van der Waals surface area contributed by atoms with Gasteiger partial charge < -0.3 is 14.8 Å². The molecule has 0 aliphatic carbocycles. The summed E-state index contributed by atoms with van der Waals surface area (Å²) < 4.78 is 2.28. The lowest BCUT2D eigenvalue weighted by atomic mass is 9.95. The van der Waals surface area contributed by atoms with Crippen molar-refractivity contribution >= 4 is 39.3 Å². The number of benzene rings is 2. The molecule has 3 aromatic rings. The number of hydrogen-bond acceptors (Lipinski definition) is 2. The molecule has 1 aliphatic rings. The molecule has 134 valence electrons. The number of piperidine rings is 1. The number of amides is 2. The number of carbonyl (C=O) groups excluding carboxylic acids is 2. The van der Waals surface area contributed by atoms with Gasteiger partial charge in [-0.3, -0.25) is 9.59 Å². The molecule has 0 radical (unpaired) electrons. The zero-order valence-electron chi connectivity index (χ0n) is 15.2. The van der Waals surface area contributed by atoms with Crippen molar-refractivity contribution in [2.75, 3.05) is 18.9 Å². The summed E-state index contributed by atoms with van der Waals surface area (Å²) in [4.78, 5) is 26.1. The van der Waals surface area contributed by atoms with Crippen molar-refractivity contribution in [1.29, 1.82) is 0 Å². The average Bonchev–Trinajstić information content (AvgIpc) is 2.97. The minimum Gasteiger partial charge on any atom is -0.346 e. The highest BCUT2D eigenvalue weighted by atomic mass is 16.2. The summed E-state index contributed by atoms with van der Waals surface area (Å²) in [5.74, 6) is -0.269. The molecule has 5 heteroatoms. The van der Waals surface area contributed by atoms with Crippen molar-refractivity contribution in [3.05, 3.63) is 42.5 Å². The topological polar surface area (TPSA) is 54.3 Å². The first-order valence-electron chi connectivity index (χ1n) is 9.14. The van der Waals surface area contributed by atoms with Crippen LogP contribution >= 0.6 is 0 Å². The molecule has 1 atom stereocenters. The van der Waals surface area contributed by atoms with Gasteiger partial charge in [0, 0.05) is 60.0 Å². The van der Waals surface area contributed by atoms with Crippen LogP contribution in [0.1, 0.15) is 19.8 Å². The number of fused-ring (bicyclic) bond motifs is 3. The van der Waals surface area contributed by atoms with Crippen LogP contribution in [0, 0.1) is 5.92 Å². The molecule has 2 heterocycles. The van der Waals surface area contributed by atoms with E-state index in [0.717, 1.165) is 17.6 Å². The molecule has 0 unspecified atom stereocenters. The Morgan fingerprint density at radius 2 is 1.92 bits per heavy atom. The molecule has 1 aromatic heterocycles. The summed E-state index contributed by atoms with van der Waals surface area (Å²) in [5, 5.41) is 5.34. The van der Waals surface area contributed by atoms with Gasteiger partial charge in [0.15, 0.2) is 0 Å². The van der Waals surface area contributed by atoms with E-state index in [2.05, 4.69) is 35.0 Å². The fourth-order valence-corrected chi connectivity index (χ4v) is 3.88. The van der Waals surface area contributed by atoms with E-state index in [4.69, 9.17) is 0 Å². The number of nitrogens with one attached hydrogen (secondary N) is 1. The van der Waals surface area contributed by atoms with Crippen LogP contribution in [0.3, 0.4) is 0 Å². The maximum Gasteiger partial charge on any atom is 0.228 e. The molecule has 2 amide bonds. The lowest BCUT2D eigenvalue weighted by Gasteiger charge is -2.27. The van der Waals surface area contributed by atoms with E-state index in [0.29, 0.717) is 19.4 Å². The van der Waals surface area contributed by atoms with E-state index < -0.39 is 0 Å². The van der Waals surface area contributed by atoms with Crippen LogP contribution in [0.2, 0.25) is 0 Å². The molecule has 0 spiro atoms. The van der Waals surface area contributed by atoms with E-state index >= 15 is 0 Å². The van der Waals surface area contributed by atoms with Crippen molar-refractivity contribution in [1.82, 2.24) is 9.47 Å². The van der Waals surface area contributed by atoms with Crippen molar-refractivity contribution in [2.45, 2.75) is 26.3 Å². The van der Waals surface area contributed by atoms with Gasteiger partial charge in [-0.1, -0.05) is 18.2 Å². The van der Waals surface area contributed by atoms with Gasteiger partial charge in [0.1, 0.15) is 0 Å². The summed E-state index contributed by atoms with van der Waals surface area (Å²) in [5.41, 5.74) is 3.16. The molecule has 1 aliphatic heterocycles. The first-order valence-corrected chi connectivity index (χ1v) is 9.14. The highest BCUT2D eigenvalue weighted by Crippen LogP contribution is 2.31. The third kappa shape index (κ3) is 2.73. The van der Waals surface area contributed by atoms with E-state index in [-0.39, 0.29) is 17.7 Å². The summed E-state index contributed by atoms with van der Waals surface area (Å²) >= 11 is 0. The first kappa shape index (κ1) is 16.6. The molecule has 26 heavy (non-hydrogen) atoms. The van der Waals surface area contributed by atoms with E-state index in [1.165, 1.54) is 16.4 Å². The number of likely N-dealkylation sites (tertiary alicyclic amines) is 1. The number of aromatic nitrogens is 1. The van der Waals surface area contributed by atoms with Crippen LogP contribution in [0.25, 0.3) is 21.8 Å². The van der Waals surface area contributed by atoms with Crippen LogP contribution in [-0.4, -0.2) is 34.9 Å². The standard InChI is InChI=1S/C21H23N3O2/c1-3-24-18-7-5-4-6-16(18)17-13-15(8-9-19(17)24)22-21(26)14-10-11-23(2)20(25)12-14/h4-9,13-14H,3,10-12H2,1-2H3,(H,22,26)/t14-/m0/s1. The molecule has 5 nitrogen and oxygen atoms in total. The van der Waals surface area contributed by atoms with Gasteiger partial charge in [0.2, 0.25) is 11.8 Å². The van der Waals surface area contributed by atoms with Crippen LogP contribution in [0.15, 0.2) is 42.5 Å². The Labute approximate surface area is 152 Å². The predicted molar refractivity (Wildman–Crippen MR) is 104 cm³/mol. The normalized spacial score (nSPS) is 17.8. The molecule has 2 aromatic carbocycles. The molecule has 1 N–H and O–H groups in total. The van der Waals surface area contributed by atoms with Crippen LogP contribution in [-0.2, 0) is 16.1 Å². The SMILES string of the molecule is CCn1c2ccccc2c2cc(NC(=O)[C@H]3CCN(C)C(=O)C3)ccc21. The quantitative estimate of drug-likeness (QED) is 0.785. The Morgan fingerprint density at radius 1 is 1.15 bits per heavy atom. The Kier molecular flexibility index (Phi) is 4.15. The maximum atomic E-state index is 12.6. The zero-order valence-corrected chi connectivity index (χ0v) is 15.2. The third-order valence-corrected chi connectivity index (χ3v) is 5.39. The van der Waals surface area contributed by atoms with Crippen LogP contribution in [0.5, 0.6) is 0 Å². The minimum atomic E-state index is -0.244. The minimum absolute atomic E-state index is 0.0397. The van der Waals surface area contributed by atoms with Crippen molar-refractivity contribution in [2.24, 2.45) is 5.92 Å². The summed E-state index contributed by atoms with van der Waals surface area (Å²) in [7, 11) is 1.79. The summed E-state index contributed by atoms with van der Waals surface area (Å²) in [6.45, 7) is 3.67. The average molecular weight is 349 g/mol. The number of anilines is 1. The molecule has 0 saturated carbocycles. The third-order valence-electron chi connectivity index (χ3n) is 5.39. The summed E-state index contributed by atoms with van der Waals surface area (Å²) in [6, 6.07) is 14.4. The molecular formula is C21H23N3O2. The summed E-state index contributed by atoms with van der Waals surface area (Å²) in [6.07, 6.45) is 1.01. The maximum absolute atomic E-state index is 12.6. The molecule has 0 bridgehead atoms. The van der Waals surface area contributed by atoms with Gasteiger partial charge in [-0.2, -0.15) is 0 Å². The van der Waals surface area contributed by atoms with Crippen LogP contribution < -0.4 is 5.32 Å². The van der Waals surface area contributed by atoms with E-state index in [1.807, 2.05) is 24.3 Å². The second-order valence-corrected chi connectivity index (χ2v) is 6.99. The van der Waals surface area contributed by atoms with E-state index in [9.17, 15) is 9.59 Å². The molecule has 1 saturated heterocycles. The van der Waals surface area contributed by atoms with Gasteiger partial charge >= 0.3 is 0 Å². The largest absolute Gasteiger partial charge is 0.346 e. The molecular weight excluding hydrogens is 326 g/mol. The Balaban J connectivity index is 1.65. The van der Waals surface area contributed by atoms with Crippen LogP contribution in [0.4, 0.5) is 5.69 Å². The number of para-hydroxylation sites is 1. The van der Waals surface area contributed by atoms with Gasteiger partial charge in [-0.05, 0) is 37.6 Å². The Morgan fingerprint density at radius 3 is 2.69 bits per heavy atom. The Bertz CT molecular complexity index is 1010. The number of aryl methyl sites for hydroxylation is 1. The van der Waals surface area contributed by atoms with Gasteiger partial charge in [0.25, 0.3) is 0 Å². The smallest absolute Gasteiger partial charge is 0.228 e. The van der Waals surface area contributed by atoms with Crippen molar-refractivity contribution in [3.63, 3.8) is 0 Å². The number of nitrogens with zero attached hydrogens (tertiary/aromatic N) is 2. The zero-order chi connectivity index (χ0) is 18.3. The van der Waals surface area contributed by atoms with Crippen molar-refractivity contribution in [3.8, 4) is 0 Å². The number of carbonyl (C=O) groups is 2. The molecule has 1 fully saturated rings. The lowest BCUT2D eigenvalue weighted by molar-refractivity contribution is -0.137. The number of rotatable bonds is 3. The highest BCUT2D eigenvalue weighted by molar-refractivity contribution is 6.10. The van der Waals surface area contributed by atoms with Crippen molar-refractivity contribution < 1.29 is 9.59 Å². The fourth-order valence-electron chi connectivity index (χ4n) is 3.88. The first-order chi connectivity index (χ1) is 12.6. The van der Waals surface area contributed by atoms with Gasteiger partial charge in [-0.15, -0.1) is 0 Å². The highest BCUT2D eigenvalue weighted by Gasteiger charge is 2.28. The Hall–Kier alpha value is -2.82. The number of hydrogen-bond donors (Lipinski definition) is 1. The monoisotopic (exact) mass is 349 g/mol. The predicted octanol–water partition coefficient (Wildman–Crippen LogP) is 3.62. The second kappa shape index (κ2) is 6.48. The second-order valence-electron chi connectivity index (χ2n) is 6.99. The molecule has 4 rings (SSSR count). The van der Waals surface area contributed by atoms with Gasteiger partial charge in [0.05, 0.1) is 0 Å². The lowest BCUT2D eigenvalue weighted by Crippen LogP contribution is -2.39.